The van der Waals surface area contributed by atoms with Crippen LogP contribution >= 0.6 is 11.3 Å². The van der Waals surface area contributed by atoms with Crippen molar-refractivity contribution >= 4 is 29.1 Å². The van der Waals surface area contributed by atoms with Crippen molar-refractivity contribution in [2.24, 2.45) is 0 Å². The van der Waals surface area contributed by atoms with Crippen LogP contribution in [-0.4, -0.2) is 30.9 Å². The molecule has 6 nitrogen and oxygen atoms in total. The summed E-state index contributed by atoms with van der Waals surface area (Å²) in [5.41, 5.74) is 0.442. The number of thiophene rings is 1. The quantitative estimate of drug-likeness (QED) is 0.795. The van der Waals surface area contributed by atoms with Crippen LogP contribution in [0.2, 0.25) is 0 Å². The van der Waals surface area contributed by atoms with Crippen molar-refractivity contribution in [2.75, 3.05) is 7.11 Å². The second-order valence-corrected chi connectivity index (χ2v) is 5.30. The van der Waals surface area contributed by atoms with E-state index in [0.717, 1.165) is 4.88 Å². The molecule has 3 amide bonds. The Morgan fingerprint density at radius 3 is 2.89 bits per heavy atom. The van der Waals surface area contributed by atoms with Gasteiger partial charge in [0, 0.05) is 16.7 Å². The first-order valence-corrected chi connectivity index (χ1v) is 6.67. The molecule has 1 aliphatic rings. The normalized spacial score (nSPS) is 18.9. The van der Waals surface area contributed by atoms with Gasteiger partial charge in [0.1, 0.15) is 11.8 Å². The van der Waals surface area contributed by atoms with Crippen molar-refractivity contribution in [3.8, 4) is 5.75 Å². The van der Waals surface area contributed by atoms with Crippen molar-refractivity contribution in [2.45, 2.75) is 25.8 Å². The second-order valence-electron chi connectivity index (χ2n) is 4.21. The molecule has 0 radical (unpaired) electrons. The zero-order chi connectivity index (χ0) is 14.0. The first kappa shape index (κ1) is 13.5. The Hall–Kier alpha value is -1.89. The van der Waals surface area contributed by atoms with E-state index in [1.165, 1.54) is 18.4 Å². The summed E-state index contributed by atoms with van der Waals surface area (Å²) < 4.78 is 5.12. The van der Waals surface area contributed by atoms with Gasteiger partial charge in [0.25, 0.3) is 5.91 Å². The lowest BCUT2D eigenvalue weighted by molar-refractivity contribution is -0.134. The van der Waals surface area contributed by atoms with E-state index in [2.05, 4.69) is 10.6 Å². The Morgan fingerprint density at radius 2 is 2.26 bits per heavy atom. The number of methoxy groups -OCH3 is 1. The number of aryl methyl sites for hydroxylation is 1. The third-order valence-electron chi connectivity index (χ3n) is 2.93. The van der Waals surface area contributed by atoms with Gasteiger partial charge in [-0.05, 0) is 13.3 Å². The Balaban J connectivity index is 2.11. The number of carbonyl (C=O) groups is 3. The first-order chi connectivity index (χ1) is 9.02. The highest BCUT2D eigenvalue weighted by Crippen LogP contribution is 2.28. The van der Waals surface area contributed by atoms with E-state index >= 15 is 0 Å². The number of carbonyl (C=O) groups excluding carboxylic acids is 3. The highest BCUT2D eigenvalue weighted by Gasteiger charge is 2.29. The average Bonchev–Trinajstić information content (AvgIpc) is 2.74. The summed E-state index contributed by atoms with van der Waals surface area (Å²) in [6, 6.07) is -0.672. The fourth-order valence-corrected chi connectivity index (χ4v) is 2.73. The van der Waals surface area contributed by atoms with E-state index in [9.17, 15) is 14.4 Å². The molecule has 1 aliphatic heterocycles. The van der Waals surface area contributed by atoms with Crippen LogP contribution in [0, 0.1) is 6.92 Å². The molecule has 1 saturated heterocycles. The number of piperidine rings is 1. The second kappa shape index (κ2) is 5.40. The molecule has 7 heteroatoms. The molecular formula is C12H14N2O4S. The molecule has 0 aliphatic carbocycles. The van der Waals surface area contributed by atoms with Gasteiger partial charge < -0.3 is 10.1 Å². The Kier molecular flexibility index (Phi) is 3.84. The van der Waals surface area contributed by atoms with Crippen molar-refractivity contribution in [1.82, 2.24) is 10.6 Å². The minimum atomic E-state index is -0.672. The molecule has 2 N–H and O–H groups in total. The topological polar surface area (TPSA) is 84.5 Å². The minimum absolute atomic E-state index is 0.233. The van der Waals surface area contributed by atoms with Gasteiger partial charge >= 0.3 is 0 Å². The van der Waals surface area contributed by atoms with Gasteiger partial charge in [-0.25, -0.2) is 0 Å². The number of amides is 3. The average molecular weight is 282 g/mol. The van der Waals surface area contributed by atoms with E-state index in [0.29, 0.717) is 17.7 Å². The molecule has 0 saturated carbocycles. The zero-order valence-corrected chi connectivity index (χ0v) is 11.4. The SMILES string of the molecule is COc1csc(C)c1C(=O)NC1CCC(=O)NC1=O. The molecule has 102 valence electrons. The summed E-state index contributed by atoms with van der Waals surface area (Å²) in [5, 5.41) is 6.58. The van der Waals surface area contributed by atoms with Crippen molar-refractivity contribution in [3.63, 3.8) is 0 Å². The molecule has 1 unspecified atom stereocenters. The Labute approximate surface area is 114 Å². The Bertz CT molecular complexity index is 538. The maximum absolute atomic E-state index is 12.2. The van der Waals surface area contributed by atoms with E-state index in [1.54, 1.807) is 5.38 Å². The summed E-state index contributed by atoms with van der Waals surface area (Å²) in [6.45, 7) is 1.81. The molecule has 1 aromatic rings. The van der Waals surface area contributed by atoms with E-state index in [4.69, 9.17) is 4.74 Å². The lowest BCUT2D eigenvalue weighted by atomic mass is 10.1. The fourth-order valence-electron chi connectivity index (χ4n) is 1.92. The van der Waals surface area contributed by atoms with Gasteiger partial charge in [-0.2, -0.15) is 0 Å². The molecule has 2 heterocycles. The molecule has 19 heavy (non-hydrogen) atoms. The first-order valence-electron chi connectivity index (χ1n) is 5.79. The molecule has 1 atom stereocenters. The monoisotopic (exact) mass is 282 g/mol. The Morgan fingerprint density at radius 1 is 1.53 bits per heavy atom. The van der Waals surface area contributed by atoms with Crippen LogP contribution in [0.15, 0.2) is 5.38 Å². The highest BCUT2D eigenvalue weighted by molar-refractivity contribution is 7.10. The van der Waals surface area contributed by atoms with Crippen LogP contribution in [0.3, 0.4) is 0 Å². The third-order valence-corrected chi connectivity index (χ3v) is 3.82. The molecule has 0 bridgehead atoms. The summed E-state index contributed by atoms with van der Waals surface area (Å²) in [5.74, 6) is -0.631. The van der Waals surface area contributed by atoms with Crippen LogP contribution < -0.4 is 15.4 Å². The zero-order valence-electron chi connectivity index (χ0n) is 10.6. The number of hydrogen-bond acceptors (Lipinski definition) is 5. The smallest absolute Gasteiger partial charge is 0.256 e. The number of ether oxygens (including phenoxy) is 1. The maximum atomic E-state index is 12.2. The van der Waals surface area contributed by atoms with E-state index in [1.807, 2.05) is 6.92 Å². The van der Waals surface area contributed by atoms with Crippen LogP contribution in [0.1, 0.15) is 28.1 Å². The van der Waals surface area contributed by atoms with Gasteiger partial charge in [0.2, 0.25) is 11.8 Å². The van der Waals surface area contributed by atoms with E-state index in [-0.39, 0.29) is 18.2 Å². The summed E-state index contributed by atoms with van der Waals surface area (Å²) >= 11 is 1.41. The largest absolute Gasteiger partial charge is 0.495 e. The van der Waals surface area contributed by atoms with Gasteiger partial charge in [-0.15, -0.1) is 11.3 Å². The van der Waals surface area contributed by atoms with Crippen molar-refractivity contribution < 1.29 is 19.1 Å². The number of imide groups is 1. The molecule has 1 fully saturated rings. The molecule has 0 spiro atoms. The van der Waals surface area contributed by atoms with Crippen LogP contribution in [0.5, 0.6) is 5.75 Å². The molecule has 1 aromatic heterocycles. The number of hydrogen-bond donors (Lipinski definition) is 2. The fraction of sp³-hybridized carbons (Fsp3) is 0.417. The highest BCUT2D eigenvalue weighted by atomic mass is 32.1. The van der Waals surface area contributed by atoms with Gasteiger partial charge in [-0.3, -0.25) is 19.7 Å². The minimum Gasteiger partial charge on any atom is -0.495 e. The number of rotatable bonds is 3. The van der Waals surface area contributed by atoms with Gasteiger partial charge in [0.05, 0.1) is 12.7 Å². The molecule has 0 aromatic carbocycles. The van der Waals surface area contributed by atoms with Crippen molar-refractivity contribution in [1.29, 1.82) is 0 Å². The van der Waals surface area contributed by atoms with Crippen LogP contribution in [0.4, 0.5) is 0 Å². The van der Waals surface area contributed by atoms with Crippen LogP contribution in [0.25, 0.3) is 0 Å². The van der Waals surface area contributed by atoms with E-state index < -0.39 is 11.9 Å². The molecular weight excluding hydrogens is 268 g/mol. The molecule has 2 rings (SSSR count). The summed E-state index contributed by atoms with van der Waals surface area (Å²) in [6.07, 6.45) is 0.554. The predicted molar refractivity (Wildman–Crippen MR) is 69.2 cm³/mol. The standard InChI is InChI=1S/C12H14N2O4S/c1-6-10(8(18-2)5-19-6)12(17)13-7-3-4-9(15)14-11(7)16/h5,7H,3-4H2,1-2H3,(H,13,17)(H,14,15,16). The maximum Gasteiger partial charge on any atom is 0.256 e. The van der Waals surface area contributed by atoms with Crippen molar-refractivity contribution in [3.05, 3.63) is 15.8 Å². The lowest BCUT2D eigenvalue weighted by Gasteiger charge is -2.21. The summed E-state index contributed by atoms with van der Waals surface area (Å²) in [4.78, 5) is 35.6. The lowest BCUT2D eigenvalue weighted by Crippen LogP contribution is -2.52. The third kappa shape index (κ3) is 2.76. The predicted octanol–water partition coefficient (Wildman–Crippen LogP) is 0.600. The van der Waals surface area contributed by atoms with Gasteiger partial charge in [-0.1, -0.05) is 0 Å². The van der Waals surface area contributed by atoms with Gasteiger partial charge in [0.15, 0.2) is 0 Å². The summed E-state index contributed by atoms with van der Waals surface area (Å²) in [7, 11) is 1.49. The number of nitrogens with one attached hydrogen (secondary N) is 2. The van der Waals surface area contributed by atoms with Crippen LogP contribution in [-0.2, 0) is 9.59 Å².